The van der Waals surface area contributed by atoms with Gasteiger partial charge in [0.05, 0.1) is 0 Å². The lowest BCUT2D eigenvalue weighted by molar-refractivity contribution is -0.0715. The number of aliphatic hydroxyl groups is 1. The van der Waals surface area contributed by atoms with Gasteiger partial charge in [0.25, 0.3) is 5.92 Å². The number of rotatable bonds is 3. The second-order valence-corrected chi connectivity index (χ2v) is 2.96. The summed E-state index contributed by atoms with van der Waals surface area (Å²) < 4.78 is 25.9. The van der Waals surface area contributed by atoms with Crippen molar-refractivity contribution in [2.24, 2.45) is 5.73 Å². The third kappa shape index (κ3) is 3.02. The summed E-state index contributed by atoms with van der Waals surface area (Å²) >= 11 is 0. The van der Waals surface area contributed by atoms with E-state index in [2.05, 4.69) is 0 Å². The molecular weight excluding hydrogens is 228 g/mol. The molecule has 3 nitrogen and oxygen atoms in total. The number of alkyl halides is 2. The lowest BCUT2D eigenvalue weighted by atomic mass is 10.0. The Morgan fingerprint density at radius 2 is 1.87 bits per heavy atom. The number of phenolic OH excluding ortho intramolecular Hbond substituents is 1. The first-order chi connectivity index (χ1) is 6.49. The molecule has 4 N–H and O–H groups in total. The monoisotopic (exact) mass is 239 g/mol. The van der Waals surface area contributed by atoms with Gasteiger partial charge >= 0.3 is 0 Å². The second-order valence-electron chi connectivity index (χ2n) is 2.96. The molecule has 0 spiro atoms. The molecule has 0 saturated heterocycles. The highest BCUT2D eigenvalue weighted by molar-refractivity contribution is 5.85. The fraction of sp³-hybridized carbons (Fsp3) is 0.333. The van der Waals surface area contributed by atoms with Crippen LogP contribution in [-0.2, 0) is 0 Å². The van der Waals surface area contributed by atoms with E-state index >= 15 is 0 Å². The molecule has 0 unspecified atom stereocenters. The van der Waals surface area contributed by atoms with Gasteiger partial charge in [0.1, 0.15) is 18.4 Å². The van der Waals surface area contributed by atoms with Crippen molar-refractivity contribution in [1.82, 2.24) is 0 Å². The molecule has 0 heterocycles. The molecule has 6 heteroatoms. The first kappa shape index (κ1) is 14.1. The zero-order chi connectivity index (χ0) is 10.8. The Balaban J connectivity index is 0.00000196. The standard InChI is InChI=1S/C9H11F2NO2.ClH/c10-9(11,5-13)8(12)6-3-1-2-4-7(6)14;/h1-4,8,13-14H,5,12H2;1H/t8-;/m0./s1. The van der Waals surface area contributed by atoms with Crippen molar-refractivity contribution >= 4 is 12.4 Å². The molecule has 0 aromatic heterocycles. The highest BCUT2D eigenvalue weighted by Gasteiger charge is 2.38. The summed E-state index contributed by atoms with van der Waals surface area (Å²) in [7, 11) is 0. The summed E-state index contributed by atoms with van der Waals surface area (Å²) in [5.41, 5.74) is 5.14. The van der Waals surface area contributed by atoms with Crippen molar-refractivity contribution in [2.45, 2.75) is 12.0 Å². The van der Waals surface area contributed by atoms with E-state index in [1.165, 1.54) is 24.3 Å². The topological polar surface area (TPSA) is 66.5 Å². The fourth-order valence-electron chi connectivity index (χ4n) is 1.08. The molecular formula is C9H12ClF2NO2. The van der Waals surface area contributed by atoms with Crippen molar-refractivity contribution < 1.29 is 19.0 Å². The third-order valence-corrected chi connectivity index (χ3v) is 1.94. The molecule has 0 aliphatic rings. The maximum atomic E-state index is 12.9. The summed E-state index contributed by atoms with van der Waals surface area (Å²) in [6, 6.07) is 3.85. The first-order valence-electron chi connectivity index (χ1n) is 4.01. The Morgan fingerprint density at radius 3 is 2.33 bits per heavy atom. The predicted molar refractivity (Wildman–Crippen MR) is 54.3 cm³/mol. The summed E-state index contributed by atoms with van der Waals surface area (Å²) in [5.74, 6) is -3.73. The molecule has 0 amide bonds. The lowest BCUT2D eigenvalue weighted by Gasteiger charge is -2.22. The Kier molecular flexibility index (Phi) is 4.93. The number of aromatic hydroxyl groups is 1. The fourth-order valence-corrected chi connectivity index (χ4v) is 1.08. The van der Waals surface area contributed by atoms with Crippen molar-refractivity contribution in [3.05, 3.63) is 29.8 Å². The van der Waals surface area contributed by atoms with Gasteiger partial charge in [0.15, 0.2) is 0 Å². The quantitative estimate of drug-likeness (QED) is 0.748. The number of hydrogen-bond donors (Lipinski definition) is 3. The van der Waals surface area contributed by atoms with Gasteiger partial charge in [-0.3, -0.25) is 0 Å². The Hall–Kier alpha value is -0.910. The predicted octanol–water partition coefficient (Wildman–Crippen LogP) is 1.44. The molecule has 1 aromatic carbocycles. The second kappa shape index (κ2) is 5.25. The maximum absolute atomic E-state index is 12.9. The number of hydrogen-bond acceptors (Lipinski definition) is 3. The van der Waals surface area contributed by atoms with E-state index in [1.54, 1.807) is 0 Å². The van der Waals surface area contributed by atoms with E-state index < -0.39 is 18.6 Å². The Morgan fingerprint density at radius 1 is 1.33 bits per heavy atom. The van der Waals surface area contributed by atoms with E-state index in [4.69, 9.17) is 10.8 Å². The van der Waals surface area contributed by atoms with Crippen molar-refractivity contribution in [3.8, 4) is 5.75 Å². The average molecular weight is 240 g/mol. The Bertz CT molecular complexity index is 323. The van der Waals surface area contributed by atoms with Gasteiger partial charge in [-0.05, 0) is 6.07 Å². The molecule has 1 aromatic rings. The minimum Gasteiger partial charge on any atom is -0.508 e. The SMILES string of the molecule is Cl.N[C@@H](c1ccccc1O)C(F)(F)CO. The number of aliphatic hydroxyl groups excluding tert-OH is 1. The molecule has 15 heavy (non-hydrogen) atoms. The van der Waals surface area contributed by atoms with Crippen LogP contribution < -0.4 is 5.73 Å². The van der Waals surface area contributed by atoms with E-state index in [0.717, 1.165) is 0 Å². The zero-order valence-electron chi connectivity index (χ0n) is 7.73. The number of halogens is 3. The van der Waals surface area contributed by atoms with E-state index in [9.17, 15) is 13.9 Å². The summed E-state index contributed by atoms with van der Waals surface area (Å²) in [5, 5.41) is 17.6. The molecule has 0 fully saturated rings. The van der Waals surface area contributed by atoms with Gasteiger partial charge in [0.2, 0.25) is 0 Å². The molecule has 0 aliphatic heterocycles. The van der Waals surface area contributed by atoms with Crippen LogP contribution in [0.15, 0.2) is 24.3 Å². The number of benzene rings is 1. The van der Waals surface area contributed by atoms with Gasteiger partial charge in [-0.25, -0.2) is 8.78 Å². The molecule has 0 radical (unpaired) electrons. The van der Waals surface area contributed by atoms with Crippen molar-refractivity contribution in [1.29, 1.82) is 0 Å². The minimum absolute atomic E-state index is 0. The van der Waals surface area contributed by atoms with Crippen LogP contribution in [-0.4, -0.2) is 22.7 Å². The average Bonchev–Trinajstić information content (AvgIpc) is 2.17. The smallest absolute Gasteiger partial charge is 0.289 e. The summed E-state index contributed by atoms with van der Waals surface area (Å²) in [6.07, 6.45) is 0. The van der Waals surface area contributed by atoms with Crippen molar-refractivity contribution in [3.63, 3.8) is 0 Å². The summed E-state index contributed by atoms with van der Waals surface area (Å²) in [6.45, 7) is -1.34. The van der Waals surface area contributed by atoms with E-state index in [-0.39, 0.29) is 23.7 Å². The molecule has 86 valence electrons. The van der Waals surface area contributed by atoms with Crippen LogP contribution >= 0.6 is 12.4 Å². The van der Waals surface area contributed by atoms with Crippen LogP contribution in [0.4, 0.5) is 8.78 Å². The summed E-state index contributed by atoms with van der Waals surface area (Å²) in [4.78, 5) is 0. The minimum atomic E-state index is -3.43. The van der Waals surface area contributed by atoms with Crippen LogP contribution in [0.25, 0.3) is 0 Å². The zero-order valence-corrected chi connectivity index (χ0v) is 8.55. The normalized spacial score (nSPS) is 13.1. The van der Waals surface area contributed by atoms with E-state index in [1.807, 2.05) is 0 Å². The van der Waals surface area contributed by atoms with Crippen LogP contribution in [0.5, 0.6) is 5.75 Å². The van der Waals surface area contributed by atoms with Crippen LogP contribution in [0.3, 0.4) is 0 Å². The van der Waals surface area contributed by atoms with Gasteiger partial charge < -0.3 is 15.9 Å². The molecule has 1 atom stereocenters. The highest BCUT2D eigenvalue weighted by atomic mass is 35.5. The molecule has 0 bridgehead atoms. The van der Waals surface area contributed by atoms with Gasteiger partial charge in [-0.2, -0.15) is 0 Å². The highest BCUT2D eigenvalue weighted by Crippen LogP contribution is 2.33. The first-order valence-corrected chi connectivity index (χ1v) is 4.01. The lowest BCUT2D eigenvalue weighted by Crippen LogP contribution is -2.36. The number of para-hydroxylation sites is 1. The molecule has 0 aliphatic carbocycles. The number of nitrogens with two attached hydrogens (primary N) is 1. The maximum Gasteiger partial charge on any atom is 0.289 e. The number of phenols is 1. The van der Waals surface area contributed by atoms with Gasteiger partial charge in [0, 0.05) is 5.56 Å². The van der Waals surface area contributed by atoms with Crippen molar-refractivity contribution in [2.75, 3.05) is 6.61 Å². The molecule has 0 saturated carbocycles. The van der Waals surface area contributed by atoms with Gasteiger partial charge in [-0.15, -0.1) is 12.4 Å². The third-order valence-electron chi connectivity index (χ3n) is 1.94. The van der Waals surface area contributed by atoms with Crippen LogP contribution in [0, 0.1) is 0 Å². The van der Waals surface area contributed by atoms with Crippen LogP contribution in [0.2, 0.25) is 0 Å². The molecule has 1 rings (SSSR count). The van der Waals surface area contributed by atoms with Gasteiger partial charge in [-0.1, -0.05) is 18.2 Å². The van der Waals surface area contributed by atoms with Crippen LogP contribution in [0.1, 0.15) is 11.6 Å². The van der Waals surface area contributed by atoms with E-state index in [0.29, 0.717) is 0 Å². The largest absolute Gasteiger partial charge is 0.508 e. The Labute approximate surface area is 91.9 Å².